The van der Waals surface area contributed by atoms with Crippen LogP contribution >= 0.6 is 11.8 Å². The van der Waals surface area contributed by atoms with E-state index in [1.54, 1.807) is 0 Å². The topological polar surface area (TPSA) is 74.0 Å². The number of amides is 2. The number of carbonyl (C=O) groups is 2. The molecule has 3 fully saturated rings. The molecule has 1 saturated carbocycles. The van der Waals surface area contributed by atoms with Crippen LogP contribution in [0.4, 0.5) is 0 Å². The summed E-state index contributed by atoms with van der Waals surface area (Å²) in [5.41, 5.74) is 0.702. The highest BCUT2D eigenvalue weighted by Crippen LogP contribution is 2.44. The lowest BCUT2D eigenvalue weighted by Gasteiger charge is -2.27. The van der Waals surface area contributed by atoms with Gasteiger partial charge in [0, 0.05) is 54.7 Å². The van der Waals surface area contributed by atoms with Crippen molar-refractivity contribution in [1.82, 2.24) is 9.80 Å². The minimum atomic E-state index is -0.388. The molecule has 160 valence electrons. The van der Waals surface area contributed by atoms with Gasteiger partial charge in [-0.05, 0) is 38.0 Å². The standard InChI is InChI=1S/C22H32N2O4S/c1-3-4-7-29-11-17-8-19(28-15(17)2)21(27)24-10-18-9-23(20(26)16-5-6-16)12-22(18,13-24)14-25/h8,16,18,25H,3-7,9-14H2,1-2H3. The van der Waals surface area contributed by atoms with Gasteiger partial charge in [0.15, 0.2) is 5.76 Å². The summed E-state index contributed by atoms with van der Waals surface area (Å²) in [6.45, 7) is 6.39. The molecule has 0 aromatic carbocycles. The van der Waals surface area contributed by atoms with Gasteiger partial charge < -0.3 is 19.3 Å². The highest BCUT2D eigenvalue weighted by atomic mass is 32.2. The van der Waals surface area contributed by atoms with E-state index in [0.29, 0.717) is 31.9 Å². The number of nitrogens with zero attached hydrogens (tertiary/aromatic N) is 2. The Balaban J connectivity index is 1.39. The summed E-state index contributed by atoms with van der Waals surface area (Å²) in [6.07, 6.45) is 4.38. The average Bonchev–Trinajstić information content (AvgIpc) is 3.28. The van der Waals surface area contributed by atoms with Crippen LogP contribution in [-0.4, -0.2) is 65.3 Å². The number of furan rings is 1. The second-order valence-corrected chi connectivity index (χ2v) is 10.1. The molecular formula is C22H32N2O4S. The van der Waals surface area contributed by atoms with Crippen molar-refractivity contribution < 1.29 is 19.1 Å². The molecule has 2 amide bonds. The highest BCUT2D eigenvalue weighted by Gasteiger charge is 2.55. The summed E-state index contributed by atoms with van der Waals surface area (Å²) in [6, 6.07) is 1.89. The van der Waals surface area contributed by atoms with Crippen LogP contribution in [-0.2, 0) is 10.5 Å². The summed E-state index contributed by atoms with van der Waals surface area (Å²) >= 11 is 1.87. The third-order valence-corrected chi connectivity index (χ3v) is 7.82. The number of hydrogen-bond acceptors (Lipinski definition) is 5. The number of thioether (sulfide) groups is 1. The van der Waals surface area contributed by atoms with Gasteiger partial charge in [-0.1, -0.05) is 13.3 Å². The summed E-state index contributed by atoms with van der Waals surface area (Å²) in [5.74, 6) is 3.66. The molecule has 3 heterocycles. The first-order valence-corrected chi connectivity index (χ1v) is 12.0. The Morgan fingerprint density at radius 1 is 1.28 bits per heavy atom. The predicted molar refractivity (Wildman–Crippen MR) is 113 cm³/mol. The van der Waals surface area contributed by atoms with Gasteiger partial charge in [-0.3, -0.25) is 9.59 Å². The van der Waals surface area contributed by atoms with E-state index in [1.165, 1.54) is 12.8 Å². The van der Waals surface area contributed by atoms with Gasteiger partial charge in [0.2, 0.25) is 5.91 Å². The van der Waals surface area contributed by atoms with E-state index in [-0.39, 0.29) is 35.7 Å². The Morgan fingerprint density at radius 3 is 2.66 bits per heavy atom. The van der Waals surface area contributed by atoms with Gasteiger partial charge in [0.1, 0.15) is 5.76 Å². The molecule has 2 aliphatic heterocycles. The van der Waals surface area contributed by atoms with Gasteiger partial charge in [0.25, 0.3) is 5.91 Å². The van der Waals surface area contributed by atoms with Gasteiger partial charge in [-0.2, -0.15) is 11.8 Å². The molecule has 6 nitrogen and oxygen atoms in total. The lowest BCUT2D eigenvalue weighted by Crippen LogP contribution is -2.40. The predicted octanol–water partition coefficient (Wildman–Crippen LogP) is 2.92. The molecule has 3 aliphatic rings. The van der Waals surface area contributed by atoms with Gasteiger partial charge in [0.05, 0.1) is 6.61 Å². The lowest BCUT2D eigenvalue weighted by atomic mass is 9.82. The average molecular weight is 421 g/mol. The molecule has 29 heavy (non-hydrogen) atoms. The van der Waals surface area contributed by atoms with E-state index in [2.05, 4.69) is 6.92 Å². The van der Waals surface area contributed by atoms with E-state index in [9.17, 15) is 14.7 Å². The van der Waals surface area contributed by atoms with Crippen LogP contribution in [0.5, 0.6) is 0 Å². The molecule has 4 rings (SSSR count). The number of likely N-dealkylation sites (tertiary alicyclic amines) is 2. The van der Waals surface area contributed by atoms with Crippen molar-refractivity contribution in [2.45, 2.75) is 45.3 Å². The Labute approximate surface area is 177 Å². The van der Waals surface area contributed by atoms with Crippen molar-refractivity contribution in [2.75, 3.05) is 38.5 Å². The van der Waals surface area contributed by atoms with Crippen LogP contribution in [0.1, 0.15) is 54.5 Å². The minimum absolute atomic E-state index is 0.00634. The number of aliphatic hydroxyl groups is 1. The smallest absolute Gasteiger partial charge is 0.289 e. The number of rotatable bonds is 8. The normalized spacial score (nSPS) is 26.2. The Bertz CT molecular complexity index is 775. The zero-order chi connectivity index (χ0) is 20.6. The fraction of sp³-hybridized carbons (Fsp3) is 0.727. The SMILES string of the molecule is CCCCSCc1cc(C(=O)N2CC3CN(C(=O)C4CC4)CC3(CO)C2)oc1C. The van der Waals surface area contributed by atoms with Crippen LogP contribution in [0.3, 0.4) is 0 Å². The maximum Gasteiger partial charge on any atom is 0.289 e. The summed E-state index contributed by atoms with van der Waals surface area (Å²) < 4.78 is 5.80. The molecule has 1 aliphatic carbocycles. The fourth-order valence-electron chi connectivity index (χ4n) is 4.67. The van der Waals surface area contributed by atoms with Crippen molar-refractivity contribution in [1.29, 1.82) is 0 Å². The van der Waals surface area contributed by atoms with Crippen molar-refractivity contribution >= 4 is 23.6 Å². The largest absolute Gasteiger partial charge is 0.456 e. The summed E-state index contributed by atoms with van der Waals surface area (Å²) in [7, 11) is 0. The highest BCUT2D eigenvalue weighted by molar-refractivity contribution is 7.98. The first-order chi connectivity index (χ1) is 14.0. The van der Waals surface area contributed by atoms with Crippen LogP contribution in [0, 0.1) is 24.2 Å². The van der Waals surface area contributed by atoms with Crippen molar-refractivity contribution in [3.63, 3.8) is 0 Å². The van der Waals surface area contributed by atoms with Crippen molar-refractivity contribution in [3.8, 4) is 0 Å². The molecule has 1 N–H and O–H groups in total. The first-order valence-electron chi connectivity index (χ1n) is 10.8. The van der Waals surface area contributed by atoms with E-state index < -0.39 is 0 Å². The molecule has 1 aromatic rings. The zero-order valence-corrected chi connectivity index (χ0v) is 18.3. The Kier molecular flexibility index (Phi) is 5.98. The number of aliphatic hydroxyl groups excluding tert-OH is 1. The second kappa shape index (κ2) is 8.34. The van der Waals surface area contributed by atoms with Gasteiger partial charge in [-0.15, -0.1) is 0 Å². The molecule has 2 unspecified atom stereocenters. The molecule has 2 saturated heterocycles. The first kappa shape index (κ1) is 20.8. The van der Waals surface area contributed by atoms with Crippen LogP contribution in [0.15, 0.2) is 10.5 Å². The molecule has 7 heteroatoms. The second-order valence-electron chi connectivity index (χ2n) is 8.99. The molecule has 2 atom stereocenters. The number of hydrogen-bond donors (Lipinski definition) is 1. The van der Waals surface area contributed by atoms with E-state index >= 15 is 0 Å². The van der Waals surface area contributed by atoms with E-state index in [0.717, 1.165) is 35.7 Å². The van der Waals surface area contributed by atoms with Gasteiger partial charge >= 0.3 is 0 Å². The van der Waals surface area contributed by atoms with Crippen molar-refractivity contribution in [3.05, 3.63) is 23.2 Å². The maximum absolute atomic E-state index is 13.1. The van der Waals surface area contributed by atoms with Crippen LogP contribution in [0.25, 0.3) is 0 Å². The monoisotopic (exact) mass is 420 g/mol. The quantitative estimate of drug-likeness (QED) is 0.655. The molecular weight excluding hydrogens is 388 g/mol. The van der Waals surface area contributed by atoms with E-state index in [4.69, 9.17) is 4.42 Å². The molecule has 0 spiro atoms. The van der Waals surface area contributed by atoms with Crippen LogP contribution in [0.2, 0.25) is 0 Å². The third kappa shape index (κ3) is 4.08. The Hall–Kier alpha value is -1.47. The zero-order valence-electron chi connectivity index (χ0n) is 17.5. The molecule has 0 bridgehead atoms. The maximum atomic E-state index is 13.1. The number of unbranched alkanes of at least 4 members (excludes halogenated alkanes) is 1. The van der Waals surface area contributed by atoms with Gasteiger partial charge in [-0.25, -0.2) is 0 Å². The minimum Gasteiger partial charge on any atom is -0.456 e. The summed E-state index contributed by atoms with van der Waals surface area (Å²) in [4.78, 5) is 29.3. The van der Waals surface area contributed by atoms with Crippen molar-refractivity contribution in [2.24, 2.45) is 17.3 Å². The van der Waals surface area contributed by atoms with E-state index in [1.807, 2.05) is 34.6 Å². The number of aryl methyl sites for hydroxylation is 1. The third-order valence-electron chi connectivity index (χ3n) is 6.73. The molecule has 0 radical (unpaired) electrons. The Morgan fingerprint density at radius 2 is 2.00 bits per heavy atom. The lowest BCUT2D eigenvalue weighted by molar-refractivity contribution is -0.132. The number of fused-ring (bicyclic) bond motifs is 1. The van der Waals surface area contributed by atoms with Crippen LogP contribution < -0.4 is 0 Å². The fourth-order valence-corrected chi connectivity index (χ4v) is 5.81. The summed E-state index contributed by atoms with van der Waals surface area (Å²) in [5, 5.41) is 10.1. The molecule has 1 aromatic heterocycles. The number of carbonyl (C=O) groups excluding carboxylic acids is 2.